The maximum absolute atomic E-state index is 12.9. The Hall–Kier alpha value is -3.32. The molecule has 1 atom stereocenters. The van der Waals surface area contributed by atoms with Crippen LogP contribution in [0, 0.1) is 6.92 Å². The Bertz CT molecular complexity index is 1220. The molecule has 32 heavy (non-hydrogen) atoms. The van der Waals surface area contributed by atoms with Gasteiger partial charge in [0, 0.05) is 25.1 Å². The number of amides is 1. The smallest absolute Gasteiger partial charge is 0.279 e. The van der Waals surface area contributed by atoms with Crippen LogP contribution in [0.1, 0.15) is 34.6 Å². The van der Waals surface area contributed by atoms with Crippen molar-refractivity contribution in [2.75, 3.05) is 11.1 Å². The van der Waals surface area contributed by atoms with E-state index in [0.29, 0.717) is 28.9 Å². The van der Waals surface area contributed by atoms with Crippen LogP contribution in [-0.4, -0.2) is 21.2 Å². The number of carbonyl (C=O) groups is 1. The Labute approximate surface area is 191 Å². The number of rotatable bonds is 7. The van der Waals surface area contributed by atoms with Crippen molar-refractivity contribution in [1.82, 2.24) is 9.55 Å². The van der Waals surface area contributed by atoms with Crippen LogP contribution in [0.15, 0.2) is 71.1 Å². The largest absolute Gasteiger partial charge is 0.489 e. The molecule has 2 aromatic carbocycles. The lowest BCUT2D eigenvalue weighted by Gasteiger charge is -2.27. The lowest BCUT2D eigenvalue weighted by atomic mass is 9.87. The number of thioether (sulfide) groups is 1. The summed E-state index contributed by atoms with van der Waals surface area (Å²) in [6.07, 6.45) is 1.95. The minimum absolute atomic E-state index is 0.122. The van der Waals surface area contributed by atoms with Crippen LogP contribution in [-0.2, 0) is 18.4 Å². The van der Waals surface area contributed by atoms with Gasteiger partial charge in [-0.15, -0.1) is 6.58 Å². The summed E-state index contributed by atoms with van der Waals surface area (Å²) in [5.41, 5.74) is 3.39. The molecule has 1 aromatic heterocycles. The van der Waals surface area contributed by atoms with E-state index in [2.05, 4.69) is 35.9 Å². The molecule has 3 aromatic rings. The molecule has 1 aliphatic heterocycles. The van der Waals surface area contributed by atoms with E-state index in [0.717, 1.165) is 16.9 Å². The number of fused-ring (bicyclic) bond motifs is 1. The second-order valence-corrected chi connectivity index (χ2v) is 8.76. The molecule has 1 aliphatic rings. The molecule has 0 saturated heterocycles. The number of aromatic nitrogens is 2. The Kier molecular flexibility index (Phi) is 6.46. The van der Waals surface area contributed by atoms with E-state index in [1.165, 1.54) is 17.3 Å². The molecule has 0 unspecified atom stereocenters. The topological polar surface area (TPSA) is 73.2 Å². The number of anilines is 1. The molecule has 0 fully saturated rings. The van der Waals surface area contributed by atoms with Gasteiger partial charge in [-0.05, 0) is 30.2 Å². The summed E-state index contributed by atoms with van der Waals surface area (Å²) in [6, 6.07) is 15.8. The van der Waals surface area contributed by atoms with Crippen molar-refractivity contribution in [2.45, 2.75) is 31.0 Å². The lowest BCUT2D eigenvalue weighted by molar-refractivity contribution is -0.116. The standard InChI is InChI=1S/C25H25N3O3S/c1-4-12-32-25-27-24(30)22-20(14-21(29)26-23(22)28(25)3)18-8-10-19(11-9-18)31-15-17-7-5-6-16(2)13-17/h4-11,13,20H,1,12,14-15H2,2-3H3,(H,26,29)/t20-/m1/s1. The third-order valence-corrected chi connectivity index (χ3v) is 6.43. The van der Waals surface area contributed by atoms with Gasteiger partial charge in [-0.2, -0.15) is 4.98 Å². The first kappa shape index (κ1) is 21.9. The van der Waals surface area contributed by atoms with Crippen molar-refractivity contribution in [3.05, 3.63) is 93.8 Å². The highest BCUT2D eigenvalue weighted by Gasteiger charge is 2.32. The van der Waals surface area contributed by atoms with Gasteiger partial charge in [0.2, 0.25) is 5.91 Å². The second kappa shape index (κ2) is 9.44. The Morgan fingerprint density at radius 2 is 2.03 bits per heavy atom. The van der Waals surface area contributed by atoms with Crippen LogP contribution in [0.25, 0.3) is 0 Å². The molecule has 0 spiro atoms. The van der Waals surface area contributed by atoms with Gasteiger partial charge >= 0.3 is 0 Å². The highest BCUT2D eigenvalue weighted by atomic mass is 32.2. The summed E-state index contributed by atoms with van der Waals surface area (Å²) < 4.78 is 7.68. The number of benzene rings is 2. The monoisotopic (exact) mass is 447 g/mol. The van der Waals surface area contributed by atoms with Gasteiger partial charge in [0.15, 0.2) is 5.16 Å². The fourth-order valence-electron chi connectivity index (χ4n) is 3.85. The van der Waals surface area contributed by atoms with Gasteiger partial charge in [0.25, 0.3) is 5.56 Å². The molecule has 164 valence electrons. The molecule has 1 amide bonds. The number of hydrogen-bond donors (Lipinski definition) is 1. The molecule has 1 N–H and O–H groups in total. The molecular weight excluding hydrogens is 422 g/mol. The van der Waals surface area contributed by atoms with Gasteiger partial charge in [-0.25, -0.2) is 0 Å². The first-order valence-electron chi connectivity index (χ1n) is 10.4. The van der Waals surface area contributed by atoms with Crippen LogP contribution >= 0.6 is 11.8 Å². The van der Waals surface area contributed by atoms with Crippen LogP contribution < -0.4 is 15.6 Å². The summed E-state index contributed by atoms with van der Waals surface area (Å²) in [7, 11) is 1.81. The third kappa shape index (κ3) is 4.62. The minimum Gasteiger partial charge on any atom is -0.489 e. The Morgan fingerprint density at radius 3 is 2.75 bits per heavy atom. The van der Waals surface area contributed by atoms with Gasteiger partial charge in [-0.1, -0.05) is 59.8 Å². The molecule has 0 bridgehead atoms. The highest BCUT2D eigenvalue weighted by Crippen LogP contribution is 2.36. The first-order chi connectivity index (χ1) is 15.5. The maximum Gasteiger partial charge on any atom is 0.279 e. The quantitative estimate of drug-likeness (QED) is 0.330. The van der Waals surface area contributed by atoms with E-state index < -0.39 is 0 Å². The Morgan fingerprint density at radius 1 is 1.25 bits per heavy atom. The van der Waals surface area contributed by atoms with E-state index in [1.54, 1.807) is 10.6 Å². The van der Waals surface area contributed by atoms with Crippen molar-refractivity contribution in [3.63, 3.8) is 0 Å². The molecule has 0 aliphatic carbocycles. The fraction of sp³-hybridized carbons (Fsp3) is 0.240. The Balaban J connectivity index is 1.59. The van der Waals surface area contributed by atoms with Crippen molar-refractivity contribution < 1.29 is 9.53 Å². The zero-order chi connectivity index (χ0) is 22.7. The summed E-state index contributed by atoms with van der Waals surface area (Å²) in [5, 5.41) is 3.41. The van der Waals surface area contributed by atoms with E-state index in [-0.39, 0.29) is 23.8 Å². The maximum atomic E-state index is 12.9. The van der Waals surface area contributed by atoms with E-state index in [9.17, 15) is 9.59 Å². The molecule has 6 nitrogen and oxygen atoms in total. The average Bonchev–Trinajstić information content (AvgIpc) is 2.79. The number of hydrogen-bond acceptors (Lipinski definition) is 5. The summed E-state index contributed by atoms with van der Waals surface area (Å²) in [5.74, 6) is 1.40. The van der Waals surface area contributed by atoms with Crippen LogP contribution in [0.5, 0.6) is 5.75 Å². The third-order valence-electron chi connectivity index (χ3n) is 5.40. The van der Waals surface area contributed by atoms with E-state index >= 15 is 0 Å². The number of nitrogens with zero attached hydrogens (tertiary/aromatic N) is 2. The summed E-state index contributed by atoms with van der Waals surface area (Å²) in [4.78, 5) is 29.6. The number of aryl methyl sites for hydroxylation is 1. The normalized spacial score (nSPS) is 15.1. The lowest BCUT2D eigenvalue weighted by Crippen LogP contribution is -2.33. The molecule has 0 radical (unpaired) electrons. The molecule has 7 heteroatoms. The predicted molar refractivity (Wildman–Crippen MR) is 127 cm³/mol. The molecule has 2 heterocycles. The van der Waals surface area contributed by atoms with Crippen molar-refractivity contribution >= 4 is 23.5 Å². The first-order valence-corrected chi connectivity index (χ1v) is 11.4. The van der Waals surface area contributed by atoms with Crippen molar-refractivity contribution in [1.29, 1.82) is 0 Å². The average molecular weight is 448 g/mol. The molecule has 0 saturated carbocycles. The second-order valence-electron chi connectivity index (χ2n) is 7.77. The van der Waals surface area contributed by atoms with Gasteiger partial charge in [0.05, 0.1) is 5.56 Å². The molecule has 4 rings (SSSR count). The van der Waals surface area contributed by atoms with Crippen molar-refractivity contribution in [2.24, 2.45) is 7.05 Å². The van der Waals surface area contributed by atoms with Gasteiger partial charge in [0.1, 0.15) is 18.2 Å². The highest BCUT2D eigenvalue weighted by molar-refractivity contribution is 7.99. The number of nitrogens with one attached hydrogen (secondary N) is 1. The molecular formula is C25H25N3O3S. The van der Waals surface area contributed by atoms with Gasteiger partial charge in [-0.3, -0.25) is 9.59 Å². The number of ether oxygens (including phenoxy) is 1. The number of carbonyl (C=O) groups excluding carboxylic acids is 1. The van der Waals surface area contributed by atoms with Gasteiger partial charge < -0.3 is 14.6 Å². The summed E-state index contributed by atoms with van der Waals surface area (Å²) >= 11 is 1.40. The fourth-order valence-corrected chi connectivity index (χ4v) is 4.55. The minimum atomic E-state index is -0.353. The van der Waals surface area contributed by atoms with E-state index in [4.69, 9.17) is 4.74 Å². The van der Waals surface area contributed by atoms with Crippen molar-refractivity contribution in [3.8, 4) is 5.75 Å². The summed E-state index contributed by atoms with van der Waals surface area (Å²) in [6.45, 7) is 6.23. The zero-order valence-corrected chi connectivity index (χ0v) is 18.9. The van der Waals surface area contributed by atoms with E-state index in [1.807, 2.05) is 43.4 Å². The van der Waals surface area contributed by atoms with Crippen LogP contribution in [0.3, 0.4) is 0 Å². The predicted octanol–water partition coefficient (Wildman–Crippen LogP) is 4.42. The van der Waals surface area contributed by atoms with Crippen LogP contribution in [0.4, 0.5) is 5.82 Å². The van der Waals surface area contributed by atoms with Crippen LogP contribution in [0.2, 0.25) is 0 Å². The zero-order valence-electron chi connectivity index (χ0n) is 18.1. The SMILES string of the molecule is C=CCSc1nc(=O)c2c(n1C)NC(=O)C[C@@H]2c1ccc(OCc2cccc(C)c2)cc1.